The summed E-state index contributed by atoms with van der Waals surface area (Å²) in [4.78, 5) is 18.8. The summed E-state index contributed by atoms with van der Waals surface area (Å²) in [5.74, 6) is 2.29. The molecule has 1 aliphatic heterocycles. The van der Waals surface area contributed by atoms with Crippen LogP contribution in [0.4, 0.5) is 5.69 Å². The van der Waals surface area contributed by atoms with E-state index in [4.69, 9.17) is 14.0 Å². The second-order valence-electron chi connectivity index (χ2n) is 6.49. The van der Waals surface area contributed by atoms with Gasteiger partial charge in [-0.3, -0.25) is 4.79 Å². The molecule has 1 saturated heterocycles. The van der Waals surface area contributed by atoms with Gasteiger partial charge in [-0.1, -0.05) is 17.3 Å². The predicted molar refractivity (Wildman–Crippen MR) is 104 cm³/mol. The Morgan fingerprint density at radius 1 is 1.18 bits per heavy atom. The average molecular weight is 379 g/mol. The number of rotatable bonds is 6. The molecule has 4 rings (SSSR count). The molecule has 1 fully saturated rings. The van der Waals surface area contributed by atoms with Gasteiger partial charge in [0.05, 0.1) is 25.3 Å². The van der Waals surface area contributed by atoms with Gasteiger partial charge in [0.2, 0.25) is 17.6 Å². The summed E-state index contributed by atoms with van der Waals surface area (Å²) in [6, 6.07) is 15.0. The highest BCUT2D eigenvalue weighted by Gasteiger charge is 2.36. The number of methoxy groups -OCH3 is 1. The normalized spacial score (nSPS) is 16.4. The summed E-state index contributed by atoms with van der Waals surface area (Å²) in [6.45, 7) is 3.03. The fourth-order valence-corrected chi connectivity index (χ4v) is 3.34. The van der Waals surface area contributed by atoms with E-state index in [1.54, 1.807) is 12.0 Å². The zero-order valence-electron chi connectivity index (χ0n) is 15.8. The number of nitrogens with zero attached hydrogens (tertiary/aromatic N) is 3. The Morgan fingerprint density at radius 2 is 1.96 bits per heavy atom. The molecule has 0 bridgehead atoms. The molecule has 144 valence electrons. The summed E-state index contributed by atoms with van der Waals surface area (Å²) in [6.07, 6.45) is 0.322. The number of para-hydroxylation sites is 2. The third-order valence-corrected chi connectivity index (χ3v) is 4.72. The lowest BCUT2D eigenvalue weighted by Crippen LogP contribution is -2.24. The van der Waals surface area contributed by atoms with Crippen LogP contribution in [-0.4, -0.2) is 36.3 Å². The lowest BCUT2D eigenvalue weighted by atomic mass is 10.1. The molecule has 2 heterocycles. The SMILES string of the molecule is CCOc1ccc(-c2noc(C3CC(=O)N(c4ccccc4OC)C3)n2)cc1. The number of hydrogen-bond donors (Lipinski definition) is 0. The van der Waals surface area contributed by atoms with Crippen molar-refractivity contribution in [2.45, 2.75) is 19.3 Å². The van der Waals surface area contributed by atoms with Crippen LogP contribution < -0.4 is 14.4 Å². The van der Waals surface area contributed by atoms with E-state index >= 15 is 0 Å². The standard InChI is InChI=1S/C21H21N3O4/c1-3-27-16-10-8-14(9-11-16)20-22-21(28-23-20)15-12-19(25)24(13-15)17-6-4-5-7-18(17)26-2/h4-11,15H,3,12-13H2,1-2H3. The maximum atomic E-state index is 12.6. The van der Waals surface area contributed by atoms with Gasteiger partial charge in [-0.2, -0.15) is 4.98 Å². The molecule has 2 aromatic carbocycles. The van der Waals surface area contributed by atoms with Crippen molar-refractivity contribution in [3.8, 4) is 22.9 Å². The molecule has 0 radical (unpaired) electrons. The van der Waals surface area contributed by atoms with Crippen LogP contribution in [0.5, 0.6) is 11.5 Å². The maximum absolute atomic E-state index is 12.6. The van der Waals surface area contributed by atoms with Gasteiger partial charge in [0.25, 0.3) is 0 Å². The molecule has 28 heavy (non-hydrogen) atoms. The van der Waals surface area contributed by atoms with Crippen LogP contribution in [0.3, 0.4) is 0 Å². The molecular weight excluding hydrogens is 358 g/mol. The lowest BCUT2D eigenvalue weighted by molar-refractivity contribution is -0.117. The Labute approximate surface area is 162 Å². The quantitative estimate of drug-likeness (QED) is 0.650. The van der Waals surface area contributed by atoms with Gasteiger partial charge in [0.15, 0.2) is 0 Å². The van der Waals surface area contributed by atoms with Crippen molar-refractivity contribution >= 4 is 11.6 Å². The first-order chi connectivity index (χ1) is 13.7. The largest absolute Gasteiger partial charge is 0.495 e. The van der Waals surface area contributed by atoms with Crippen molar-refractivity contribution in [3.05, 3.63) is 54.4 Å². The van der Waals surface area contributed by atoms with Crippen LogP contribution in [0.25, 0.3) is 11.4 Å². The molecule has 1 atom stereocenters. The zero-order chi connectivity index (χ0) is 19.5. The highest BCUT2D eigenvalue weighted by molar-refractivity contribution is 5.97. The van der Waals surface area contributed by atoms with Crippen molar-refractivity contribution in [1.82, 2.24) is 10.1 Å². The number of carbonyl (C=O) groups excluding carboxylic acids is 1. The third-order valence-electron chi connectivity index (χ3n) is 4.72. The number of amides is 1. The second kappa shape index (κ2) is 7.72. The number of hydrogen-bond acceptors (Lipinski definition) is 6. The van der Waals surface area contributed by atoms with Gasteiger partial charge < -0.3 is 18.9 Å². The summed E-state index contributed by atoms with van der Waals surface area (Å²) >= 11 is 0. The highest BCUT2D eigenvalue weighted by Crippen LogP contribution is 2.36. The van der Waals surface area contributed by atoms with Crippen LogP contribution in [0.2, 0.25) is 0 Å². The highest BCUT2D eigenvalue weighted by atomic mass is 16.5. The monoisotopic (exact) mass is 379 g/mol. The number of benzene rings is 2. The van der Waals surface area contributed by atoms with Gasteiger partial charge in [0, 0.05) is 18.5 Å². The van der Waals surface area contributed by atoms with E-state index < -0.39 is 0 Å². The maximum Gasteiger partial charge on any atom is 0.232 e. The van der Waals surface area contributed by atoms with Gasteiger partial charge >= 0.3 is 0 Å². The van der Waals surface area contributed by atoms with Crippen molar-refractivity contribution < 1.29 is 18.8 Å². The molecule has 1 aliphatic rings. The minimum absolute atomic E-state index is 0.00955. The summed E-state index contributed by atoms with van der Waals surface area (Å²) < 4.78 is 16.3. The first-order valence-electron chi connectivity index (χ1n) is 9.19. The van der Waals surface area contributed by atoms with Gasteiger partial charge in [-0.25, -0.2) is 0 Å². The fraction of sp³-hybridized carbons (Fsp3) is 0.286. The van der Waals surface area contributed by atoms with E-state index in [2.05, 4.69) is 10.1 Å². The molecule has 0 spiro atoms. The Morgan fingerprint density at radius 3 is 2.71 bits per heavy atom. The number of carbonyl (C=O) groups is 1. The lowest BCUT2D eigenvalue weighted by Gasteiger charge is -2.18. The van der Waals surface area contributed by atoms with Crippen LogP contribution in [-0.2, 0) is 4.79 Å². The smallest absolute Gasteiger partial charge is 0.232 e. The van der Waals surface area contributed by atoms with Gasteiger partial charge in [-0.05, 0) is 43.3 Å². The van der Waals surface area contributed by atoms with Crippen molar-refractivity contribution in [1.29, 1.82) is 0 Å². The number of ether oxygens (including phenoxy) is 2. The molecular formula is C21H21N3O4. The summed E-state index contributed by atoms with van der Waals surface area (Å²) in [7, 11) is 1.60. The van der Waals surface area contributed by atoms with E-state index in [-0.39, 0.29) is 11.8 Å². The number of anilines is 1. The fourth-order valence-electron chi connectivity index (χ4n) is 3.34. The molecule has 0 N–H and O–H groups in total. The zero-order valence-corrected chi connectivity index (χ0v) is 15.8. The van der Waals surface area contributed by atoms with Crippen molar-refractivity contribution in [3.63, 3.8) is 0 Å². The van der Waals surface area contributed by atoms with Crippen molar-refractivity contribution in [2.24, 2.45) is 0 Å². The Kier molecular flexibility index (Phi) is 4.97. The van der Waals surface area contributed by atoms with Crippen LogP contribution in [0.1, 0.15) is 25.2 Å². The number of aromatic nitrogens is 2. The summed E-state index contributed by atoms with van der Waals surface area (Å²) in [5, 5.41) is 4.08. The molecule has 7 nitrogen and oxygen atoms in total. The Hall–Kier alpha value is -3.35. The van der Waals surface area contributed by atoms with Crippen LogP contribution in [0, 0.1) is 0 Å². The van der Waals surface area contributed by atoms with Gasteiger partial charge in [0.1, 0.15) is 11.5 Å². The van der Waals surface area contributed by atoms with E-state index in [9.17, 15) is 4.79 Å². The molecule has 1 unspecified atom stereocenters. The Balaban J connectivity index is 1.52. The first-order valence-corrected chi connectivity index (χ1v) is 9.19. The summed E-state index contributed by atoms with van der Waals surface area (Å²) in [5.41, 5.74) is 1.59. The molecule has 3 aromatic rings. The van der Waals surface area contributed by atoms with Crippen LogP contribution in [0.15, 0.2) is 53.1 Å². The molecule has 7 heteroatoms. The molecule has 0 aliphatic carbocycles. The van der Waals surface area contributed by atoms with E-state index in [1.165, 1.54) is 0 Å². The van der Waals surface area contributed by atoms with E-state index in [0.717, 1.165) is 17.0 Å². The van der Waals surface area contributed by atoms with Crippen LogP contribution >= 0.6 is 0 Å². The second-order valence-corrected chi connectivity index (χ2v) is 6.49. The molecule has 1 amide bonds. The molecule has 0 saturated carbocycles. The third kappa shape index (κ3) is 3.43. The Bertz CT molecular complexity index is 968. The minimum atomic E-state index is -0.152. The predicted octanol–water partition coefficient (Wildman–Crippen LogP) is 3.66. The first kappa shape index (κ1) is 18.0. The minimum Gasteiger partial charge on any atom is -0.495 e. The van der Waals surface area contributed by atoms with E-state index in [1.807, 2.05) is 55.5 Å². The topological polar surface area (TPSA) is 77.7 Å². The molecule has 1 aromatic heterocycles. The van der Waals surface area contributed by atoms with Crippen molar-refractivity contribution in [2.75, 3.05) is 25.2 Å². The van der Waals surface area contributed by atoms with E-state index in [0.29, 0.717) is 37.0 Å². The van der Waals surface area contributed by atoms with Gasteiger partial charge in [-0.15, -0.1) is 0 Å². The average Bonchev–Trinajstić information content (AvgIpc) is 3.36.